The van der Waals surface area contributed by atoms with Gasteiger partial charge in [0, 0.05) is 25.4 Å². The molecule has 2 heterocycles. The predicted octanol–water partition coefficient (Wildman–Crippen LogP) is 1.59. The number of likely N-dealkylation sites (tertiary alicyclic amines) is 2. The molecule has 2 atom stereocenters. The van der Waals surface area contributed by atoms with Crippen LogP contribution in [-0.2, 0) is 14.4 Å². The van der Waals surface area contributed by atoms with Gasteiger partial charge in [0.15, 0.2) is 6.61 Å². The van der Waals surface area contributed by atoms with Crippen LogP contribution in [0.3, 0.4) is 0 Å². The van der Waals surface area contributed by atoms with Gasteiger partial charge in [0.2, 0.25) is 5.91 Å². The lowest BCUT2D eigenvalue weighted by atomic mass is 9.81. The van der Waals surface area contributed by atoms with E-state index in [0.29, 0.717) is 25.3 Å². The first kappa shape index (κ1) is 23.1. The molecule has 8 nitrogen and oxygen atoms in total. The second kappa shape index (κ2) is 11.1. The molecule has 3 rings (SSSR count). The predicted molar refractivity (Wildman–Crippen MR) is 115 cm³/mol. The molecule has 1 aromatic rings. The molecule has 0 saturated carbocycles. The Bertz CT molecular complexity index is 749. The number of ether oxygens (including phenoxy) is 1. The third kappa shape index (κ3) is 6.95. The molecule has 0 aliphatic carbocycles. The summed E-state index contributed by atoms with van der Waals surface area (Å²) in [5, 5.41) is 9.31. The van der Waals surface area contributed by atoms with Crippen molar-refractivity contribution in [3.63, 3.8) is 0 Å². The normalized spacial score (nSPS) is 22.8. The summed E-state index contributed by atoms with van der Waals surface area (Å²) in [5.41, 5.74) is 5.41. The molecule has 3 N–H and O–H groups in total. The van der Waals surface area contributed by atoms with E-state index < -0.39 is 5.97 Å². The summed E-state index contributed by atoms with van der Waals surface area (Å²) in [4.78, 5) is 39.5. The highest BCUT2D eigenvalue weighted by molar-refractivity contribution is 5.78. The second-order valence-electron chi connectivity index (χ2n) is 8.66. The van der Waals surface area contributed by atoms with Crippen LogP contribution >= 0.6 is 0 Å². The maximum absolute atomic E-state index is 12.7. The lowest BCUT2D eigenvalue weighted by molar-refractivity contribution is -0.140. The topological polar surface area (TPSA) is 113 Å². The number of para-hydroxylation sites is 1. The van der Waals surface area contributed by atoms with E-state index in [9.17, 15) is 19.5 Å². The van der Waals surface area contributed by atoms with Gasteiger partial charge in [-0.05, 0) is 69.3 Å². The maximum atomic E-state index is 12.7. The van der Waals surface area contributed by atoms with Gasteiger partial charge in [0.05, 0.1) is 0 Å². The van der Waals surface area contributed by atoms with E-state index in [1.165, 1.54) is 0 Å². The van der Waals surface area contributed by atoms with Crippen LogP contribution in [0.25, 0.3) is 0 Å². The lowest BCUT2D eigenvalue weighted by Crippen LogP contribution is -2.47. The number of carbonyl (C=O) groups is 3. The van der Waals surface area contributed by atoms with Gasteiger partial charge in [-0.2, -0.15) is 0 Å². The van der Waals surface area contributed by atoms with Gasteiger partial charge >= 0.3 is 5.97 Å². The van der Waals surface area contributed by atoms with Crippen molar-refractivity contribution >= 4 is 17.8 Å². The molecule has 31 heavy (non-hydrogen) atoms. The number of nitrogens with two attached hydrogens (primary N) is 1. The molecule has 1 aromatic carbocycles. The Hall–Kier alpha value is -2.61. The first-order chi connectivity index (χ1) is 14.9. The molecule has 2 aliphatic heterocycles. The maximum Gasteiger partial charge on any atom is 0.303 e. The number of carboxylic acid groups (broad SMARTS) is 1. The minimum absolute atomic E-state index is 0.0129. The highest BCUT2D eigenvalue weighted by Crippen LogP contribution is 2.30. The fraction of sp³-hybridized carbons (Fsp3) is 0.609. The number of nitrogens with zero attached hydrogens (tertiary/aromatic N) is 2. The third-order valence-electron chi connectivity index (χ3n) is 6.59. The van der Waals surface area contributed by atoms with Crippen molar-refractivity contribution in [3.05, 3.63) is 30.3 Å². The molecule has 2 amide bonds. The minimum atomic E-state index is -0.788. The average Bonchev–Trinajstić information content (AvgIpc) is 2.77. The van der Waals surface area contributed by atoms with E-state index in [-0.39, 0.29) is 42.6 Å². The Morgan fingerprint density at radius 1 is 1.03 bits per heavy atom. The summed E-state index contributed by atoms with van der Waals surface area (Å²) in [6.07, 6.45) is 3.22. The number of piperidine rings is 2. The van der Waals surface area contributed by atoms with Crippen LogP contribution in [0.5, 0.6) is 5.75 Å². The first-order valence-corrected chi connectivity index (χ1v) is 11.1. The summed E-state index contributed by atoms with van der Waals surface area (Å²) in [5.74, 6) is -0.246. The summed E-state index contributed by atoms with van der Waals surface area (Å²) < 4.78 is 5.60. The molecule has 8 heteroatoms. The number of hydrogen-bond donors (Lipinski definition) is 2. The monoisotopic (exact) mass is 431 g/mol. The Kier molecular flexibility index (Phi) is 8.28. The summed E-state index contributed by atoms with van der Waals surface area (Å²) >= 11 is 0. The van der Waals surface area contributed by atoms with E-state index in [4.69, 9.17) is 10.5 Å². The van der Waals surface area contributed by atoms with Crippen LogP contribution in [0.4, 0.5) is 0 Å². The van der Waals surface area contributed by atoms with Crippen molar-refractivity contribution in [3.8, 4) is 5.75 Å². The lowest BCUT2D eigenvalue weighted by Gasteiger charge is -2.39. The van der Waals surface area contributed by atoms with Crippen molar-refractivity contribution in [2.45, 2.75) is 32.1 Å². The van der Waals surface area contributed by atoms with Crippen LogP contribution in [0.2, 0.25) is 0 Å². The molecular weight excluding hydrogens is 398 g/mol. The van der Waals surface area contributed by atoms with E-state index in [1.807, 2.05) is 35.2 Å². The summed E-state index contributed by atoms with van der Waals surface area (Å²) in [6, 6.07) is 9.25. The third-order valence-corrected chi connectivity index (χ3v) is 6.59. The van der Waals surface area contributed by atoms with Gasteiger partial charge in [-0.25, -0.2) is 0 Å². The number of hydrogen-bond acceptors (Lipinski definition) is 5. The molecule has 2 aliphatic rings. The quantitative estimate of drug-likeness (QED) is 0.614. The Morgan fingerprint density at radius 2 is 1.74 bits per heavy atom. The van der Waals surface area contributed by atoms with Crippen molar-refractivity contribution in [2.75, 3.05) is 39.3 Å². The molecule has 2 saturated heterocycles. The largest absolute Gasteiger partial charge is 0.484 e. The van der Waals surface area contributed by atoms with Crippen LogP contribution in [0, 0.1) is 17.8 Å². The number of aliphatic carboxylic acids is 1. The Balaban J connectivity index is 1.51. The number of primary amides is 1. The van der Waals surface area contributed by atoms with Gasteiger partial charge < -0.3 is 25.4 Å². The molecule has 0 radical (unpaired) electrons. The second-order valence-corrected chi connectivity index (χ2v) is 8.66. The van der Waals surface area contributed by atoms with E-state index >= 15 is 0 Å². The van der Waals surface area contributed by atoms with Gasteiger partial charge in [0.1, 0.15) is 5.75 Å². The fourth-order valence-electron chi connectivity index (χ4n) is 4.67. The SMILES string of the molecule is NC(=O)C1CCN(CCC2CN(C(=O)COc3ccccc3)CCC2CC(=O)O)CC1. The summed E-state index contributed by atoms with van der Waals surface area (Å²) in [6.45, 7) is 3.62. The van der Waals surface area contributed by atoms with Gasteiger partial charge in [-0.3, -0.25) is 14.4 Å². The van der Waals surface area contributed by atoms with Crippen molar-refractivity contribution < 1.29 is 24.2 Å². The molecular formula is C23H33N3O5. The minimum Gasteiger partial charge on any atom is -0.484 e. The number of benzene rings is 1. The van der Waals surface area contributed by atoms with Crippen LogP contribution in [0.1, 0.15) is 32.1 Å². The molecule has 2 unspecified atom stereocenters. The fourth-order valence-corrected chi connectivity index (χ4v) is 4.67. The Labute approximate surface area is 183 Å². The van der Waals surface area contributed by atoms with Crippen LogP contribution in [-0.4, -0.2) is 72.0 Å². The van der Waals surface area contributed by atoms with Crippen LogP contribution in [0.15, 0.2) is 30.3 Å². The first-order valence-electron chi connectivity index (χ1n) is 11.1. The summed E-state index contributed by atoms with van der Waals surface area (Å²) in [7, 11) is 0. The number of carbonyl (C=O) groups excluding carboxylic acids is 2. The highest BCUT2D eigenvalue weighted by Gasteiger charge is 2.33. The van der Waals surface area contributed by atoms with Gasteiger partial charge in [-0.15, -0.1) is 0 Å². The van der Waals surface area contributed by atoms with E-state index in [2.05, 4.69) is 4.90 Å². The van der Waals surface area contributed by atoms with Crippen molar-refractivity contribution in [1.82, 2.24) is 9.80 Å². The molecule has 2 fully saturated rings. The Morgan fingerprint density at radius 3 is 2.39 bits per heavy atom. The van der Waals surface area contributed by atoms with Crippen molar-refractivity contribution in [2.24, 2.45) is 23.5 Å². The molecule has 0 aromatic heterocycles. The zero-order valence-electron chi connectivity index (χ0n) is 17.9. The number of rotatable bonds is 9. The molecule has 0 spiro atoms. The standard InChI is InChI=1S/C23H33N3O5/c24-23(30)17-6-10-25(11-7-17)12-8-19-15-26(13-9-18(19)14-22(28)29)21(27)16-31-20-4-2-1-3-5-20/h1-5,17-19H,6-16H2,(H2,24,30)(H,28,29). The van der Waals surface area contributed by atoms with Gasteiger partial charge in [0.25, 0.3) is 5.91 Å². The zero-order valence-corrected chi connectivity index (χ0v) is 17.9. The highest BCUT2D eigenvalue weighted by atomic mass is 16.5. The molecule has 0 bridgehead atoms. The van der Waals surface area contributed by atoms with Gasteiger partial charge in [-0.1, -0.05) is 18.2 Å². The smallest absolute Gasteiger partial charge is 0.303 e. The zero-order chi connectivity index (χ0) is 22.2. The molecule has 170 valence electrons. The van der Waals surface area contributed by atoms with E-state index in [0.717, 1.165) is 38.9 Å². The number of amides is 2. The van der Waals surface area contributed by atoms with E-state index in [1.54, 1.807) is 0 Å². The van der Waals surface area contributed by atoms with Crippen molar-refractivity contribution in [1.29, 1.82) is 0 Å². The number of carboxylic acids is 1. The van der Waals surface area contributed by atoms with Crippen LogP contribution < -0.4 is 10.5 Å². The average molecular weight is 432 g/mol.